The van der Waals surface area contributed by atoms with Crippen LogP contribution >= 0.6 is 0 Å². The molecule has 1 aliphatic heterocycles. The van der Waals surface area contributed by atoms with Crippen molar-refractivity contribution in [3.8, 4) is 0 Å². The highest BCUT2D eigenvalue weighted by atomic mass is 16.2. The smallest absolute Gasteiger partial charge is 0.225 e. The fourth-order valence-electron chi connectivity index (χ4n) is 2.87. The van der Waals surface area contributed by atoms with E-state index in [2.05, 4.69) is 35.2 Å². The number of carbonyl (C=O) groups excluding carboxylic acids is 1. The molecule has 0 unspecified atom stereocenters. The number of rotatable bonds is 2. The SMILES string of the molecule is O=C(C1CCC1)N1CC[C@H](c2ccccc2)C1. The first-order chi connectivity index (χ1) is 8.34. The molecule has 2 nitrogen and oxygen atoms in total. The summed E-state index contributed by atoms with van der Waals surface area (Å²) >= 11 is 0. The van der Waals surface area contributed by atoms with Gasteiger partial charge < -0.3 is 4.90 Å². The summed E-state index contributed by atoms with van der Waals surface area (Å²) in [5.74, 6) is 1.32. The molecule has 1 saturated heterocycles. The standard InChI is InChI=1S/C15H19NO/c17-15(13-7-4-8-13)16-10-9-14(11-16)12-5-2-1-3-6-12/h1-3,5-6,13-14H,4,7-11H2/t14-/m0/s1. The second kappa shape index (κ2) is 4.52. The van der Waals surface area contributed by atoms with Crippen LogP contribution in [0.25, 0.3) is 0 Å². The molecular weight excluding hydrogens is 210 g/mol. The lowest BCUT2D eigenvalue weighted by molar-refractivity contribution is -0.137. The molecule has 1 atom stereocenters. The molecule has 17 heavy (non-hydrogen) atoms. The van der Waals surface area contributed by atoms with E-state index in [9.17, 15) is 4.79 Å². The fraction of sp³-hybridized carbons (Fsp3) is 0.533. The van der Waals surface area contributed by atoms with Gasteiger partial charge in [-0.15, -0.1) is 0 Å². The van der Waals surface area contributed by atoms with Gasteiger partial charge in [-0.25, -0.2) is 0 Å². The van der Waals surface area contributed by atoms with Gasteiger partial charge in [0.15, 0.2) is 0 Å². The fourth-order valence-corrected chi connectivity index (χ4v) is 2.87. The number of amides is 1. The lowest BCUT2D eigenvalue weighted by Gasteiger charge is -2.29. The molecule has 2 fully saturated rings. The Kier molecular flexibility index (Phi) is 2.87. The minimum atomic E-state index is 0.351. The number of hydrogen-bond acceptors (Lipinski definition) is 1. The zero-order chi connectivity index (χ0) is 11.7. The van der Waals surface area contributed by atoms with E-state index in [1.165, 1.54) is 12.0 Å². The highest BCUT2D eigenvalue weighted by Crippen LogP contribution is 2.32. The Labute approximate surface area is 103 Å². The maximum Gasteiger partial charge on any atom is 0.225 e. The molecule has 1 saturated carbocycles. The summed E-state index contributed by atoms with van der Waals surface area (Å²) in [7, 11) is 0. The Morgan fingerprint density at radius 2 is 1.88 bits per heavy atom. The second-order valence-electron chi connectivity index (χ2n) is 5.31. The monoisotopic (exact) mass is 229 g/mol. The first-order valence-electron chi connectivity index (χ1n) is 6.68. The van der Waals surface area contributed by atoms with Crippen molar-refractivity contribution in [2.45, 2.75) is 31.6 Å². The van der Waals surface area contributed by atoms with Gasteiger partial charge in [-0.1, -0.05) is 36.8 Å². The molecule has 2 heteroatoms. The molecule has 1 aliphatic carbocycles. The third-order valence-corrected chi connectivity index (χ3v) is 4.23. The minimum Gasteiger partial charge on any atom is -0.342 e. The first kappa shape index (κ1) is 10.8. The van der Waals surface area contributed by atoms with Crippen LogP contribution in [0.5, 0.6) is 0 Å². The number of carbonyl (C=O) groups is 1. The molecule has 1 amide bonds. The van der Waals surface area contributed by atoms with Crippen molar-refractivity contribution in [3.05, 3.63) is 35.9 Å². The van der Waals surface area contributed by atoms with Crippen LogP contribution in [0.3, 0.4) is 0 Å². The largest absolute Gasteiger partial charge is 0.342 e. The third kappa shape index (κ3) is 2.08. The van der Waals surface area contributed by atoms with Gasteiger partial charge in [0.25, 0.3) is 0 Å². The average Bonchev–Trinajstić information content (AvgIpc) is 2.77. The normalized spacial score (nSPS) is 24.7. The summed E-state index contributed by atoms with van der Waals surface area (Å²) in [6, 6.07) is 10.6. The molecular formula is C15H19NO. The molecule has 0 N–H and O–H groups in total. The highest BCUT2D eigenvalue weighted by Gasteiger charge is 2.33. The molecule has 2 aliphatic rings. The molecule has 1 aromatic rings. The minimum absolute atomic E-state index is 0.351. The van der Waals surface area contributed by atoms with E-state index in [1.807, 2.05) is 0 Å². The van der Waals surface area contributed by atoms with Gasteiger partial charge in [-0.3, -0.25) is 4.79 Å². The maximum atomic E-state index is 12.1. The zero-order valence-corrected chi connectivity index (χ0v) is 10.1. The van der Waals surface area contributed by atoms with Gasteiger partial charge in [0.1, 0.15) is 0 Å². The van der Waals surface area contributed by atoms with Gasteiger partial charge in [0, 0.05) is 24.9 Å². The molecule has 90 valence electrons. The van der Waals surface area contributed by atoms with Crippen molar-refractivity contribution in [2.24, 2.45) is 5.92 Å². The molecule has 1 aromatic carbocycles. The van der Waals surface area contributed by atoms with Gasteiger partial charge >= 0.3 is 0 Å². The van der Waals surface area contributed by atoms with Gasteiger partial charge in [0.05, 0.1) is 0 Å². The van der Waals surface area contributed by atoms with Crippen molar-refractivity contribution < 1.29 is 4.79 Å². The van der Waals surface area contributed by atoms with Crippen LogP contribution in [-0.4, -0.2) is 23.9 Å². The van der Waals surface area contributed by atoms with Crippen LogP contribution in [-0.2, 0) is 4.79 Å². The summed E-state index contributed by atoms with van der Waals surface area (Å²) < 4.78 is 0. The quantitative estimate of drug-likeness (QED) is 0.763. The summed E-state index contributed by atoms with van der Waals surface area (Å²) in [5.41, 5.74) is 1.39. The molecule has 0 bridgehead atoms. The van der Waals surface area contributed by atoms with Crippen molar-refractivity contribution in [1.82, 2.24) is 4.90 Å². The molecule has 0 aromatic heterocycles. The van der Waals surface area contributed by atoms with Crippen LogP contribution in [0, 0.1) is 5.92 Å². The Morgan fingerprint density at radius 3 is 2.53 bits per heavy atom. The van der Waals surface area contributed by atoms with E-state index >= 15 is 0 Å². The first-order valence-corrected chi connectivity index (χ1v) is 6.68. The predicted octanol–water partition coefficient (Wildman–Crippen LogP) is 2.80. The Morgan fingerprint density at radius 1 is 1.12 bits per heavy atom. The summed E-state index contributed by atoms with van der Waals surface area (Å²) in [6.07, 6.45) is 4.60. The highest BCUT2D eigenvalue weighted by molar-refractivity contribution is 5.80. The van der Waals surface area contributed by atoms with E-state index < -0.39 is 0 Å². The number of likely N-dealkylation sites (tertiary alicyclic amines) is 1. The van der Waals surface area contributed by atoms with Crippen molar-refractivity contribution in [2.75, 3.05) is 13.1 Å². The lowest BCUT2D eigenvalue weighted by atomic mass is 9.84. The van der Waals surface area contributed by atoms with E-state index in [-0.39, 0.29) is 0 Å². The molecule has 1 heterocycles. The second-order valence-corrected chi connectivity index (χ2v) is 5.31. The molecule has 0 spiro atoms. The number of benzene rings is 1. The van der Waals surface area contributed by atoms with E-state index in [0.29, 0.717) is 17.7 Å². The van der Waals surface area contributed by atoms with E-state index in [1.54, 1.807) is 0 Å². The third-order valence-electron chi connectivity index (χ3n) is 4.23. The van der Waals surface area contributed by atoms with Gasteiger partial charge in [-0.05, 0) is 24.8 Å². The Bertz CT molecular complexity index is 397. The average molecular weight is 229 g/mol. The van der Waals surface area contributed by atoms with Crippen LogP contribution < -0.4 is 0 Å². The Balaban J connectivity index is 1.63. The van der Waals surface area contributed by atoms with Crippen molar-refractivity contribution in [3.63, 3.8) is 0 Å². The molecule has 3 rings (SSSR count). The topological polar surface area (TPSA) is 20.3 Å². The summed E-state index contributed by atoms with van der Waals surface area (Å²) in [4.78, 5) is 14.2. The molecule has 0 radical (unpaired) electrons. The maximum absolute atomic E-state index is 12.1. The number of hydrogen-bond donors (Lipinski definition) is 0. The lowest BCUT2D eigenvalue weighted by Crippen LogP contribution is -2.37. The van der Waals surface area contributed by atoms with Crippen LogP contribution in [0.2, 0.25) is 0 Å². The summed E-state index contributed by atoms with van der Waals surface area (Å²) in [6.45, 7) is 1.88. The van der Waals surface area contributed by atoms with Gasteiger partial charge in [-0.2, -0.15) is 0 Å². The van der Waals surface area contributed by atoms with Crippen LogP contribution in [0.1, 0.15) is 37.2 Å². The summed E-state index contributed by atoms with van der Waals surface area (Å²) in [5, 5.41) is 0. The predicted molar refractivity (Wildman–Crippen MR) is 67.7 cm³/mol. The number of nitrogens with zero attached hydrogens (tertiary/aromatic N) is 1. The van der Waals surface area contributed by atoms with E-state index in [0.717, 1.165) is 32.4 Å². The zero-order valence-electron chi connectivity index (χ0n) is 10.1. The Hall–Kier alpha value is -1.31. The van der Waals surface area contributed by atoms with Crippen molar-refractivity contribution in [1.29, 1.82) is 0 Å². The van der Waals surface area contributed by atoms with Gasteiger partial charge in [0.2, 0.25) is 5.91 Å². The van der Waals surface area contributed by atoms with Crippen LogP contribution in [0.4, 0.5) is 0 Å². The van der Waals surface area contributed by atoms with Crippen molar-refractivity contribution >= 4 is 5.91 Å². The van der Waals surface area contributed by atoms with Crippen LogP contribution in [0.15, 0.2) is 30.3 Å². The van der Waals surface area contributed by atoms with E-state index in [4.69, 9.17) is 0 Å².